The van der Waals surface area contributed by atoms with E-state index in [9.17, 15) is 14.4 Å². The molecule has 1 saturated heterocycles. The molecule has 1 aliphatic heterocycles. The number of carbonyl (C=O) groups excluding carboxylic acids is 3. The molecule has 33 heavy (non-hydrogen) atoms. The van der Waals surface area contributed by atoms with Gasteiger partial charge in [-0.15, -0.1) is 5.10 Å². The number of aromatic nitrogens is 2. The third-order valence-corrected chi connectivity index (χ3v) is 5.82. The Morgan fingerprint density at radius 1 is 1.00 bits per heavy atom. The molecule has 1 N–H and O–H groups in total. The van der Waals surface area contributed by atoms with Gasteiger partial charge in [0.25, 0.3) is 0 Å². The van der Waals surface area contributed by atoms with Crippen LogP contribution in [0.15, 0.2) is 30.3 Å². The fraction of sp³-hybridized carbons (Fsp3) is 0.500. The van der Waals surface area contributed by atoms with Crippen LogP contribution < -0.4 is 10.1 Å². The summed E-state index contributed by atoms with van der Waals surface area (Å²) in [5.74, 6) is 0.858. The SMILES string of the molecule is COc1ccc(-c2cc(NC(=O)CCCCN3CCCN(C(C)=O)CC3)nn2C(C)=O)cc1. The van der Waals surface area contributed by atoms with Gasteiger partial charge in [0, 0.05) is 51.5 Å². The second-order valence-electron chi connectivity index (χ2n) is 8.28. The summed E-state index contributed by atoms with van der Waals surface area (Å²) in [4.78, 5) is 40.3. The molecule has 1 aromatic carbocycles. The molecule has 1 aromatic heterocycles. The molecular weight excluding hydrogens is 422 g/mol. The Hall–Kier alpha value is -3.20. The van der Waals surface area contributed by atoms with Gasteiger partial charge in [0.2, 0.25) is 17.7 Å². The number of hydrogen-bond donors (Lipinski definition) is 1. The number of benzene rings is 1. The molecule has 2 aromatic rings. The van der Waals surface area contributed by atoms with Gasteiger partial charge in [-0.2, -0.15) is 4.68 Å². The highest BCUT2D eigenvalue weighted by atomic mass is 16.5. The van der Waals surface area contributed by atoms with Gasteiger partial charge in [-0.05, 0) is 56.6 Å². The molecule has 0 unspecified atom stereocenters. The molecule has 0 bridgehead atoms. The van der Waals surface area contributed by atoms with Crippen molar-refractivity contribution in [2.45, 2.75) is 39.5 Å². The van der Waals surface area contributed by atoms with E-state index in [4.69, 9.17) is 4.74 Å². The zero-order valence-corrected chi connectivity index (χ0v) is 19.7. The van der Waals surface area contributed by atoms with Crippen molar-refractivity contribution in [3.05, 3.63) is 30.3 Å². The number of ether oxygens (including phenoxy) is 1. The molecule has 0 radical (unpaired) electrons. The van der Waals surface area contributed by atoms with Crippen molar-refractivity contribution in [3.8, 4) is 17.0 Å². The van der Waals surface area contributed by atoms with Gasteiger partial charge < -0.3 is 19.9 Å². The van der Waals surface area contributed by atoms with Crippen molar-refractivity contribution in [1.82, 2.24) is 19.6 Å². The fourth-order valence-corrected chi connectivity index (χ4v) is 3.99. The molecule has 178 valence electrons. The number of methoxy groups -OCH3 is 1. The summed E-state index contributed by atoms with van der Waals surface area (Å²) in [5.41, 5.74) is 1.42. The molecule has 2 amide bonds. The van der Waals surface area contributed by atoms with Crippen molar-refractivity contribution in [2.24, 2.45) is 0 Å². The second kappa shape index (κ2) is 11.6. The molecule has 0 spiro atoms. The average molecular weight is 456 g/mol. The Morgan fingerprint density at radius 2 is 1.76 bits per heavy atom. The zero-order chi connectivity index (χ0) is 23.8. The Kier molecular flexibility index (Phi) is 8.59. The summed E-state index contributed by atoms with van der Waals surface area (Å²) >= 11 is 0. The van der Waals surface area contributed by atoms with Crippen LogP contribution in [0.4, 0.5) is 5.82 Å². The minimum Gasteiger partial charge on any atom is -0.497 e. The lowest BCUT2D eigenvalue weighted by atomic mass is 10.1. The second-order valence-corrected chi connectivity index (χ2v) is 8.28. The Labute approximate surface area is 194 Å². The lowest BCUT2D eigenvalue weighted by Gasteiger charge is -2.20. The van der Waals surface area contributed by atoms with E-state index in [1.165, 1.54) is 11.6 Å². The predicted octanol–water partition coefficient (Wildman–Crippen LogP) is 2.88. The van der Waals surface area contributed by atoms with E-state index >= 15 is 0 Å². The predicted molar refractivity (Wildman–Crippen MR) is 126 cm³/mol. The molecule has 1 fully saturated rings. The van der Waals surface area contributed by atoms with Gasteiger partial charge in [-0.3, -0.25) is 14.4 Å². The Morgan fingerprint density at radius 3 is 2.42 bits per heavy atom. The maximum absolute atomic E-state index is 12.4. The first-order valence-corrected chi connectivity index (χ1v) is 11.4. The normalized spacial score (nSPS) is 14.6. The van der Waals surface area contributed by atoms with Gasteiger partial charge in [0.05, 0.1) is 12.8 Å². The molecule has 9 nitrogen and oxygen atoms in total. The molecule has 3 rings (SSSR count). The number of nitrogens with one attached hydrogen (secondary N) is 1. The largest absolute Gasteiger partial charge is 0.497 e. The van der Waals surface area contributed by atoms with E-state index in [0.29, 0.717) is 17.9 Å². The number of nitrogens with zero attached hydrogens (tertiary/aromatic N) is 4. The molecule has 0 saturated carbocycles. The van der Waals surface area contributed by atoms with Crippen molar-refractivity contribution in [2.75, 3.05) is 45.2 Å². The summed E-state index contributed by atoms with van der Waals surface area (Å²) in [7, 11) is 1.60. The summed E-state index contributed by atoms with van der Waals surface area (Å²) in [6.07, 6.45) is 3.04. The Bertz CT molecular complexity index is 970. The Balaban J connectivity index is 1.49. The van der Waals surface area contributed by atoms with Gasteiger partial charge in [0.1, 0.15) is 5.75 Å². The lowest BCUT2D eigenvalue weighted by molar-refractivity contribution is -0.128. The van der Waals surface area contributed by atoms with Gasteiger partial charge in [-0.25, -0.2) is 0 Å². The number of hydrogen-bond acceptors (Lipinski definition) is 6. The first kappa shape index (κ1) is 24.4. The monoisotopic (exact) mass is 455 g/mol. The van der Waals surface area contributed by atoms with Crippen LogP contribution in [0.2, 0.25) is 0 Å². The maximum atomic E-state index is 12.4. The highest BCUT2D eigenvalue weighted by Crippen LogP contribution is 2.25. The van der Waals surface area contributed by atoms with E-state index in [1.807, 2.05) is 29.2 Å². The van der Waals surface area contributed by atoms with Crippen molar-refractivity contribution in [3.63, 3.8) is 0 Å². The first-order chi connectivity index (χ1) is 15.9. The highest BCUT2D eigenvalue weighted by Gasteiger charge is 2.17. The summed E-state index contributed by atoms with van der Waals surface area (Å²) in [6, 6.07) is 9.03. The summed E-state index contributed by atoms with van der Waals surface area (Å²) in [6.45, 7) is 7.41. The fourth-order valence-electron chi connectivity index (χ4n) is 3.99. The molecule has 2 heterocycles. The minimum absolute atomic E-state index is 0.122. The number of rotatable bonds is 8. The average Bonchev–Trinajstić information content (AvgIpc) is 3.06. The van der Waals surface area contributed by atoms with Crippen LogP contribution >= 0.6 is 0 Å². The molecular formula is C24H33N5O4. The highest BCUT2D eigenvalue weighted by molar-refractivity contribution is 5.91. The van der Waals surface area contributed by atoms with Crippen molar-refractivity contribution in [1.29, 1.82) is 0 Å². The smallest absolute Gasteiger partial charge is 0.244 e. The number of amides is 2. The summed E-state index contributed by atoms with van der Waals surface area (Å²) < 4.78 is 6.47. The van der Waals surface area contributed by atoms with Crippen LogP contribution in [0.3, 0.4) is 0 Å². The number of carbonyl (C=O) groups is 3. The topological polar surface area (TPSA) is 96.8 Å². The van der Waals surface area contributed by atoms with E-state index < -0.39 is 0 Å². The van der Waals surface area contributed by atoms with Gasteiger partial charge >= 0.3 is 0 Å². The van der Waals surface area contributed by atoms with Gasteiger partial charge in [0.15, 0.2) is 5.82 Å². The van der Waals surface area contributed by atoms with E-state index in [0.717, 1.165) is 63.3 Å². The third kappa shape index (κ3) is 6.89. The van der Waals surface area contributed by atoms with E-state index in [2.05, 4.69) is 15.3 Å². The lowest BCUT2D eigenvalue weighted by Crippen LogP contribution is -2.34. The maximum Gasteiger partial charge on any atom is 0.244 e. The standard InChI is InChI=1S/C24H33N5O4/c1-18(30)28-14-6-13-27(15-16-28)12-5-4-7-24(32)25-23-17-22(29(26-23)19(2)31)20-8-10-21(33-3)11-9-20/h8-11,17H,4-7,12-16H2,1-3H3,(H,25,26,32). The van der Waals surface area contributed by atoms with E-state index in [1.54, 1.807) is 20.1 Å². The van der Waals surface area contributed by atoms with Gasteiger partial charge in [-0.1, -0.05) is 0 Å². The van der Waals surface area contributed by atoms with Crippen LogP contribution in [0.1, 0.15) is 44.3 Å². The summed E-state index contributed by atoms with van der Waals surface area (Å²) in [5, 5.41) is 7.08. The van der Waals surface area contributed by atoms with Crippen molar-refractivity contribution >= 4 is 23.5 Å². The van der Waals surface area contributed by atoms with Crippen LogP contribution in [0, 0.1) is 0 Å². The minimum atomic E-state index is -0.234. The first-order valence-electron chi connectivity index (χ1n) is 11.4. The molecule has 9 heteroatoms. The van der Waals surface area contributed by atoms with E-state index in [-0.39, 0.29) is 17.7 Å². The number of unbranched alkanes of at least 4 members (excludes halogenated alkanes) is 1. The van der Waals surface area contributed by atoms with Crippen LogP contribution in [-0.2, 0) is 9.59 Å². The number of anilines is 1. The molecule has 0 atom stereocenters. The van der Waals surface area contributed by atoms with Crippen LogP contribution in [-0.4, -0.2) is 77.1 Å². The van der Waals surface area contributed by atoms with Crippen LogP contribution in [0.25, 0.3) is 11.3 Å². The zero-order valence-electron chi connectivity index (χ0n) is 19.7. The van der Waals surface area contributed by atoms with Crippen LogP contribution in [0.5, 0.6) is 5.75 Å². The quantitative estimate of drug-likeness (QED) is 0.615. The molecule has 1 aliphatic rings. The third-order valence-electron chi connectivity index (χ3n) is 5.82. The molecule has 0 aliphatic carbocycles. The van der Waals surface area contributed by atoms with Crippen molar-refractivity contribution < 1.29 is 19.1 Å².